The quantitative estimate of drug-likeness (QED) is 0.252. The fourth-order valence-electron chi connectivity index (χ4n) is 3.00. The van der Waals surface area contributed by atoms with Gasteiger partial charge in [0.05, 0.1) is 27.4 Å². The molecule has 0 saturated carbocycles. The first-order valence-electron chi connectivity index (χ1n) is 9.13. The zero-order valence-corrected chi connectivity index (χ0v) is 17.6. The molecule has 2 aromatic heterocycles. The first-order valence-corrected chi connectivity index (χ1v) is 11.0. The van der Waals surface area contributed by atoms with Crippen LogP contribution < -0.4 is 5.32 Å². The Balaban J connectivity index is 1.42. The molecule has 0 fully saturated rings. The van der Waals surface area contributed by atoms with Crippen molar-refractivity contribution in [2.75, 3.05) is 11.1 Å². The number of nitrogens with one attached hydrogen (secondary N) is 1. The SMILES string of the molecule is CCn1c(SCC(=O)Nc2nc(-c3cccc([N+](=O)[O-])c3)cs2)nc2ccccc21. The number of imidazole rings is 1. The van der Waals surface area contributed by atoms with Crippen molar-refractivity contribution in [2.45, 2.75) is 18.6 Å². The number of non-ortho nitro benzene ring substituents is 1. The lowest BCUT2D eigenvalue weighted by Gasteiger charge is -2.05. The van der Waals surface area contributed by atoms with Crippen LogP contribution in [0.3, 0.4) is 0 Å². The molecule has 0 aliphatic rings. The van der Waals surface area contributed by atoms with Gasteiger partial charge in [-0.05, 0) is 19.1 Å². The first kappa shape index (κ1) is 20.0. The molecule has 10 heteroatoms. The summed E-state index contributed by atoms with van der Waals surface area (Å²) in [7, 11) is 0. The standard InChI is InChI=1S/C20H17N5O3S2/c1-2-24-17-9-4-3-8-15(17)22-20(24)30-12-18(26)23-19-21-16(11-29-19)13-6-5-7-14(10-13)25(27)28/h3-11H,2,12H2,1H3,(H,21,23,26). The Labute approximate surface area is 180 Å². The van der Waals surface area contributed by atoms with Crippen LogP contribution in [0.5, 0.6) is 0 Å². The monoisotopic (exact) mass is 439 g/mol. The van der Waals surface area contributed by atoms with Gasteiger partial charge in [-0.1, -0.05) is 36.0 Å². The van der Waals surface area contributed by atoms with Gasteiger partial charge in [0.25, 0.3) is 5.69 Å². The van der Waals surface area contributed by atoms with Gasteiger partial charge in [-0.3, -0.25) is 14.9 Å². The van der Waals surface area contributed by atoms with Crippen molar-refractivity contribution in [3.05, 3.63) is 64.0 Å². The van der Waals surface area contributed by atoms with Crippen LogP contribution in [-0.4, -0.2) is 31.1 Å². The Morgan fingerprint density at radius 1 is 1.23 bits per heavy atom. The van der Waals surface area contributed by atoms with E-state index >= 15 is 0 Å². The highest BCUT2D eigenvalue weighted by molar-refractivity contribution is 7.99. The van der Waals surface area contributed by atoms with E-state index in [0.717, 1.165) is 22.7 Å². The summed E-state index contributed by atoms with van der Waals surface area (Å²) in [6, 6.07) is 14.1. The minimum absolute atomic E-state index is 0.00120. The Bertz CT molecular complexity index is 1230. The number of amides is 1. The number of aromatic nitrogens is 3. The van der Waals surface area contributed by atoms with Crippen LogP contribution in [0.2, 0.25) is 0 Å². The molecule has 0 unspecified atom stereocenters. The van der Waals surface area contributed by atoms with Crippen molar-refractivity contribution >= 4 is 50.9 Å². The van der Waals surface area contributed by atoms with Crippen LogP contribution in [0.1, 0.15) is 6.92 Å². The zero-order valence-electron chi connectivity index (χ0n) is 15.9. The van der Waals surface area contributed by atoms with E-state index in [1.165, 1.54) is 35.2 Å². The smallest absolute Gasteiger partial charge is 0.270 e. The summed E-state index contributed by atoms with van der Waals surface area (Å²) in [6.45, 7) is 2.81. The number of nitrogens with zero attached hydrogens (tertiary/aromatic N) is 4. The topological polar surface area (TPSA) is 103 Å². The van der Waals surface area contributed by atoms with Gasteiger partial charge >= 0.3 is 0 Å². The molecule has 1 amide bonds. The summed E-state index contributed by atoms with van der Waals surface area (Å²) in [5.74, 6) is 0.0179. The van der Waals surface area contributed by atoms with Crippen LogP contribution in [0.4, 0.5) is 10.8 Å². The van der Waals surface area contributed by atoms with Crippen LogP contribution in [0.15, 0.2) is 59.1 Å². The Morgan fingerprint density at radius 2 is 2.07 bits per heavy atom. The normalized spacial score (nSPS) is 11.0. The fourth-order valence-corrected chi connectivity index (χ4v) is 4.61. The number of aryl methyl sites for hydroxylation is 1. The number of thiazole rings is 1. The second kappa shape index (κ2) is 8.64. The molecule has 0 aliphatic carbocycles. The average molecular weight is 440 g/mol. The molecule has 30 heavy (non-hydrogen) atoms. The lowest BCUT2D eigenvalue weighted by Crippen LogP contribution is -2.14. The molecular formula is C20H17N5O3S2. The van der Waals surface area contributed by atoms with Crippen molar-refractivity contribution in [3.63, 3.8) is 0 Å². The molecular weight excluding hydrogens is 422 g/mol. The van der Waals surface area contributed by atoms with Gasteiger partial charge in [-0.15, -0.1) is 11.3 Å². The molecule has 2 heterocycles. The van der Waals surface area contributed by atoms with E-state index in [1.54, 1.807) is 17.5 Å². The Morgan fingerprint density at radius 3 is 2.87 bits per heavy atom. The maximum absolute atomic E-state index is 12.4. The number of nitro benzene ring substituents is 1. The molecule has 8 nitrogen and oxygen atoms in total. The van der Waals surface area contributed by atoms with Crippen molar-refractivity contribution in [1.82, 2.24) is 14.5 Å². The predicted molar refractivity (Wildman–Crippen MR) is 119 cm³/mol. The molecule has 0 atom stereocenters. The van der Waals surface area contributed by atoms with Gasteiger partial charge in [0, 0.05) is 29.6 Å². The average Bonchev–Trinajstić information content (AvgIpc) is 3.36. The summed E-state index contributed by atoms with van der Waals surface area (Å²) in [6.07, 6.45) is 0. The van der Waals surface area contributed by atoms with Gasteiger partial charge in [-0.2, -0.15) is 0 Å². The fraction of sp³-hybridized carbons (Fsp3) is 0.150. The molecule has 2 aromatic carbocycles. The largest absolute Gasteiger partial charge is 0.319 e. The van der Waals surface area contributed by atoms with Gasteiger partial charge in [0.1, 0.15) is 0 Å². The number of hydrogen-bond acceptors (Lipinski definition) is 7. The third-order valence-corrected chi connectivity index (χ3v) is 6.11. The van der Waals surface area contributed by atoms with Crippen LogP contribution in [-0.2, 0) is 11.3 Å². The lowest BCUT2D eigenvalue weighted by molar-refractivity contribution is -0.384. The number of fused-ring (bicyclic) bond motifs is 1. The van der Waals surface area contributed by atoms with Crippen molar-refractivity contribution < 1.29 is 9.72 Å². The maximum atomic E-state index is 12.4. The highest BCUT2D eigenvalue weighted by Crippen LogP contribution is 2.28. The minimum atomic E-state index is -0.445. The summed E-state index contributed by atoms with van der Waals surface area (Å²) < 4.78 is 2.08. The van der Waals surface area contributed by atoms with Crippen LogP contribution >= 0.6 is 23.1 Å². The summed E-state index contributed by atoms with van der Waals surface area (Å²) in [5, 5.41) is 16.7. The van der Waals surface area contributed by atoms with E-state index in [-0.39, 0.29) is 17.3 Å². The number of para-hydroxylation sites is 2. The summed E-state index contributed by atoms with van der Waals surface area (Å²) >= 11 is 2.65. The number of benzene rings is 2. The third-order valence-electron chi connectivity index (χ3n) is 4.37. The number of nitro groups is 1. The molecule has 1 N–H and O–H groups in total. The van der Waals surface area contributed by atoms with E-state index in [2.05, 4.69) is 19.9 Å². The molecule has 4 aromatic rings. The first-order chi connectivity index (χ1) is 14.5. The molecule has 0 aliphatic heterocycles. The van der Waals surface area contributed by atoms with Crippen LogP contribution in [0.25, 0.3) is 22.3 Å². The maximum Gasteiger partial charge on any atom is 0.270 e. The van der Waals surface area contributed by atoms with Gasteiger partial charge in [0.15, 0.2) is 10.3 Å². The molecule has 0 spiro atoms. The van der Waals surface area contributed by atoms with E-state index in [4.69, 9.17) is 0 Å². The van der Waals surface area contributed by atoms with Crippen LogP contribution in [0, 0.1) is 10.1 Å². The molecule has 0 saturated heterocycles. The molecule has 4 rings (SSSR count). The van der Waals surface area contributed by atoms with Gasteiger partial charge < -0.3 is 9.88 Å². The number of thioether (sulfide) groups is 1. The second-order valence-electron chi connectivity index (χ2n) is 6.31. The number of anilines is 1. The number of rotatable bonds is 7. The number of carbonyl (C=O) groups excluding carboxylic acids is 1. The highest BCUT2D eigenvalue weighted by atomic mass is 32.2. The lowest BCUT2D eigenvalue weighted by atomic mass is 10.1. The molecule has 0 radical (unpaired) electrons. The number of hydrogen-bond donors (Lipinski definition) is 1. The van der Waals surface area contributed by atoms with E-state index < -0.39 is 4.92 Å². The van der Waals surface area contributed by atoms with Crippen molar-refractivity contribution in [1.29, 1.82) is 0 Å². The minimum Gasteiger partial charge on any atom is -0.319 e. The predicted octanol–water partition coefficient (Wildman–Crippen LogP) is 4.82. The Hall–Kier alpha value is -3.24. The van der Waals surface area contributed by atoms with E-state index in [9.17, 15) is 14.9 Å². The number of carbonyl (C=O) groups is 1. The van der Waals surface area contributed by atoms with Crippen molar-refractivity contribution in [2.24, 2.45) is 0 Å². The van der Waals surface area contributed by atoms with E-state index in [0.29, 0.717) is 16.4 Å². The summed E-state index contributed by atoms with van der Waals surface area (Å²) in [5.41, 5.74) is 3.17. The van der Waals surface area contributed by atoms with Gasteiger partial charge in [0.2, 0.25) is 5.91 Å². The molecule has 152 valence electrons. The second-order valence-corrected chi connectivity index (χ2v) is 8.11. The van der Waals surface area contributed by atoms with Gasteiger partial charge in [-0.25, -0.2) is 9.97 Å². The van der Waals surface area contributed by atoms with E-state index in [1.807, 2.05) is 31.2 Å². The molecule has 0 bridgehead atoms. The van der Waals surface area contributed by atoms with Crippen molar-refractivity contribution in [3.8, 4) is 11.3 Å². The third kappa shape index (κ3) is 4.19. The highest BCUT2D eigenvalue weighted by Gasteiger charge is 2.14. The summed E-state index contributed by atoms with van der Waals surface area (Å²) in [4.78, 5) is 31.9. The zero-order chi connectivity index (χ0) is 21.1. The Kier molecular flexibility index (Phi) is 5.77.